The number of benzene rings is 2. The van der Waals surface area contributed by atoms with E-state index in [9.17, 15) is 13.2 Å². The highest BCUT2D eigenvalue weighted by atomic mass is 35.5. The largest absolute Gasteiger partial charge is 0.372 e. The van der Waals surface area contributed by atoms with Crippen molar-refractivity contribution in [3.63, 3.8) is 0 Å². The van der Waals surface area contributed by atoms with Crippen LogP contribution in [0.25, 0.3) is 0 Å². The Morgan fingerprint density at radius 2 is 1.75 bits per heavy atom. The van der Waals surface area contributed by atoms with Crippen molar-refractivity contribution in [1.82, 2.24) is 4.72 Å². The van der Waals surface area contributed by atoms with Crippen LogP contribution in [0.2, 0.25) is 5.02 Å². The van der Waals surface area contributed by atoms with Crippen molar-refractivity contribution >= 4 is 38.9 Å². The number of sulfonamides is 1. The Bertz CT molecular complexity index is 926. The molecule has 2 aromatic rings. The topological polar surface area (TPSA) is 78.5 Å². The molecule has 0 saturated carbocycles. The van der Waals surface area contributed by atoms with Gasteiger partial charge < -0.3 is 10.2 Å². The van der Waals surface area contributed by atoms with Crippen LogP contribution in [0.15, 0.2) is 53.4 Å². The van der Waals surface area contributed by atoms with Crippen molar-refractivity contribution in [2.24, 2.45) is 0 Å². The summed E-state index contributed by atoms with van der Waals surface area (Å²) in [6, 6.07) is 12.6. The molecule has 28 heavy (non-hydrogen) atoms. The fraction of sp³-hybridized carbons (Fsp3) is 0.350. The number of nitrogens with one attached hydrogen (secondary N) is 2. The Kier molecular flexibility index (Phi) is 6.59. The van der Waals surface area contributed by atoms with Crippen LogP contribution >= 0.6 is 11.6 Å². The molecule has 0 radical (unpaired) electrons. The zero-order valence-electron chi connectivity index (χ0n) is 15.7. The predicted molar refractivity (Wildman–Crippen MR) is 112 cm³/mol. The summed E-state index contributed by atoms with van der Waals surface area (Å²) in [5.74, 6) is -0.434. The minimum Gasteiger partial charge on any atom is -0.372 e. The molecule has 0 aromatic heterocycles. The first kappa shape index (κ1) is 20.6. The number of hydrogen-bond donors (Lipinski definition) is 2. The minimum atomic E-state index is -3.84. The van der Waals surface area contributed by atoms with Crippen LogP contribution in [0, 0.1) is 0 Å². The van der Waals surface area contributed by atoms with Gasteiger partial charge in [0, 0.05) is 29.5 Å². The molecule has 1 amide bonds. The summed E-state index contributed by atoms with van der Waals surface area (Å²) in [7, 11) is -3.84. The smallest absolute Gasteiger partial charge is 0.242 e. The number of rotatable bonds is 6. The molecule has 1 aliphatic rings. The average molecular weight is 422 g/mol. The Hall–Kier alpha value is -2.09. The number of amides is 1. The van der Waals surface area contributed by atoms with Gasteiger partial charge in [-0.25, -0.2) is 8.42 Å². The highest BCUT2D eigenvalue weighted by Gasteiger charge is 2.22. The standard InChI is InChI=1S/C20H24ClN3O3S/c1-15(23-28(26,27)19-7-5-6-16(21)14-19)20(25)22-17-8-10-18(11-9-17)24-12-3-2-4-13-24/h5-11,14-15,23H,2-4,12-13H2,1H3,(H,22,25)/t15-/m1/s1. The number of nitrogens with zero attached hydrogens (tertiary/aromatic N) is 1. The molecule has 1 atom stereocenters. The number of carbonyl (C=O) groups excluding carboxylic acids is 1. The maximum absolute atomic E-state index is 12.4. The van der Waals surface area contributed by atoms with Crippen LogP contribution in [0.4, 0.5) is 11.4 Å². The van der Waals surface area contributed by atoms with E-state index in [0.717, 1.165) is 18.8 Å². The molecular weight excluding hydrogens is 398 g/mol. The lowest BCUT2D eigenvalue weighted by atomic mass is 10.1. The zero-order chi connectivity index (χ0) is 20.1. The maximum Gasteiger partial charge on any atom is 0.242 e. The van der Waals surface area contributed by atoms with Crippen LogP contribution < -0.4 is 14.9 Å². The van der Waals surface area contributed by atoms with Gasteiger partial charge in [-0.15, -0.1) is 0 Å². The Morgan fingerprint density at radius 1 is 1.07 bits per heavy atom. The highest BCUT2D eigenvalue weighted by molar-refractivity contribution is 7.89. The number of halogens is 1. The van der Waals surface area contributed by atoms with E-state index < -0.39 is 22.0 Å². The molecular formula is C20H24ClN3O3S. The molecule has 6 nitrogen and oxygen atoms in total. The molecule has 150 valence electrons. The Morgan fingerprint density at radius 3 is 2.39 bits per heavy atom. The van der Waals surface area contributed by atoms with Crippen LogP contribution in [0.3, 0.4) is 0 Å². The summed E-state index contributed by atoms with van der Waals surface area (Å²) in [5, 5.41) is 3.06. The molecule has 3 rings (SSSR count). The van der Waals surface area contributed by atoms with Gasteiger partial charge in [-0.3, -0.25) is 4.79 Å². The number of anilines is 2. The number of carbonyl (C=O) groups is 1. The van der Waals surface area contributed by atoms with Gasteiger partial charge in [0.25, 0.3) is 0 Å². The minimum absolute atomic E-state index is 0.0190. The molecule has 2 N–H and O–H groups in total. The van der Waals surface area contributed by atoms with Gasteiger partial charge in [0.2, 0.25) is 15.9 Å². The second-order valence-electron chi connectivity index (χ2n) is 6.88. The lowest BCUT2D eigenvalue weighted by Crippen LogP contribution is -2.41. The van der Waals surface area contributed by atoms with Crippen LogP contribution in [-0.2, 0) is 14.8 Å². The van der Waals surface area contributed by atoms with Crippen molar-refractivity contribution in [2.75, 3.05) is 23.3 Å². The van der Waals surface area contributed by atoms with Gasteiger partial charge in [-0.2, -0.15) is 4.72 Å². The van der Waals surface area contributed by atoms with E-state index in [4.69, 9.17) is 11.6 Å². The van der Waals surface area contributed by atoms with Gasteiger partial charge in [0.1, 0.15) is 0 Å². The van der Waals surface area contributed by atoms with Crippen molar-refractivity contribution < 1.29 is 13.2 Å². The van der Waals surface area contributed by atoms with E-state index in [-0.39, 0.29) is 4.90 Å². The Labute approximate surface area is 170 Å². The fourth-order valence-electron chi connectivity index (χ4n) is 3.15. The number of piperidine rings is 1. The molecule has 1 aliphatic heterocycles. The summed E-state index contributed by atoms with van der Waals surface area (Å²) in [4.78, 5) is 14.7. The maximum atomic E-state index is 12.4. The van der Waals surface area contributed by atoms with Crippen molar-refractivity contribution in [1.29, 1.82) is 0 Å². The summed E-state index contributed by atoms with van der Waals surface area (Å²) >= 11 is 5.85. The quantitative estimate of drug-likeness (QED) is 0.746. The van der Waals surface area contributed by atoms with Crippen LogP contribution in [-0.4, -0.2) is 33.5 Å². The monoisotopic (exact) mass is 421 g/mol. The molecule has 1 fully saturated rings. The van der Waals surface area contributed by atoms with Crippen molar-refractivity contribution in [2.45, 2.75) is 37.1 Å². The first-order valence-electron chi connectivity index (χ1n) is 9.29. The first-order chi connectivity index (χ1) is 13.3. The van der Waals surface area contributed by atoms with Gasteiger partial charge >= 0.3 is 0 Å². The number of hydrogen-bond acceptors (Lipinski definition) is 4. The third-order valence-corrected chi connectivity index (χ3v) is 6.46. The van der Waals surface area contributed by atoms with Crippen molar-refractivity contribution in [3.8, 4) is 0 Å². The fourth-order valence-corrected chi connectivity index (χ4v) is 4.65. The highest BCUT2D eigenvalue weighted by Crippen LogP contribution is 2.22. The van der Waals surface area contributed by atoms with Gasteiger partial charge in [-0.05, 0) is 68.7 Å². The van der Waals surface area contributed by atoms with E-state index in [1.807, 2.05) is 24.3 Å². The third kappa shape index (κ3) is 5.25. The summed E-state index contributed by atoms with van der Waals surface area (Å²) < 4.78 is 27.2. The van der Waals surface area contributed by atoms with Crippen molar-refractivity contribution in [3.05, 3.63) is 53.6 Å². The van der Waals surface area contributed by atoms with E-state index >= 15 is 0 Å². The second kappa shape index (κ2) is 8.94. The van der Waals surface area contributed by atoms with Crippen LogP contribution in [0.5, 0.6) is 0 Å². The third-order valence-electron chi connectivity index (χ3n) is 4.69. The molecule has 0 bridgehead atoms. The summed E-state index contributed by atoms with van der Waals surface area (Å²) in [6.45, 7) is 3.60. The second-order valence-corrected chi connectivity index (χ2v) is 9.03. The van der Waals surface area contributed by atoms with Crippen LogP contribution in [0.1, 0.15) is 26.2 Å². The molecule has 1 saturated heterocycles. The Balaban J connectivity index is 1.60. The lowest BCUT2D eigenvalue weighted by molar-refractivity contribution is -0.117. The molecule has 2 aromatic carbocycles. The first-order valence-corrected chi connectivity index (χ1v) is 11.1. The van der Waals surface area contributed by atoms with E-state index in [1.54, 1.807) is 12.1 Å². The van der Waals surface area contributed by atoms with E-state index in [1.165, 1.54) is 38.3 Å². The van der Waals surface area contributed by atoms with Gasteiger partial charge in [0.05, 0.1) is 10.9 Å². The average Bonchev–Trinajstić information content (AvgIpc) is 2.69. The van der Waals surface area contributed by atoms with E-state index in [2.05, 4.69) is 14.9 Å². The normalized spacial score (nSPS) is 15.9. The van der Waals surface area contributed by atoms with Gasteiger partial charge in [0.15, 0.2) is 0 Å². The molecule has 1 heterocycles. The zero-order valence-corrected chi connectivity index (χ0v) is 17.3. The molecule has 0 unspecified atom stereocenters. The summed E-state index contributed by atoms with van der Waals surface area (Å²) in [6.07, 6.45) is 3.67. The molecule has 0 spiro atoms. The van der Waals surface area contributed by atoms with E-state index in [0.29, 0.717) is 10.7 Å². The SMILES string of the molecule is C[C@@H](NS(=O)(=O)c1cccc(Cl)c1)C(=O)Nc1ccc(N2CCCCC2)cc1. The predicted octanol–water partition coefficient (Wildman–Crippen LogP) is 3.64. The lowest BCUT2D eigenvalue weighted by Gasteiger charge is -2.28. The molecule has 8 heteroatoms. The summed E-state index contributed by atoms with van der Waals surface area (Å²) in [5.41, 5.74) is 1.76. The molecule has 0 aliphatic carbocycles. The van der Waals surface area contributed by atoms with Gasteiger partial charge in [-0.1, -0.05) is 17.7 Å².